The Morgan fingerprint density at radius 3 is 1.57 bits per heavy atom. The van der Waals surface area contributed by atoms with Gasteiger partial charge >= 0.3 is 0 Å². The first-order chi connectivity index (χ1) is 3.18. The van der Waals surface area contributed by atoms with E-state index in [1.54, 1.807) is 0 Å². The lowest BCUT2D eigenvalue weighted by Gasteiger charge is -1.94. The van der Waals surface area contributed by atoms with Gasteiger partial charge in [0.05, 0.1) is 0 Å². The van der Waals surface area contributed by atoms with Crippen LogP contribution in [0.3, 0.4) is 0 Å². The van der Waals surface area contributed by atoms with Crippen molar-refractivity contribution in [2.45, 2.75) is 34.1 Å². The first kappa shape index (κ1) is 6.74. The highest BCUT2D eigenvalue weighted by Gasteiger charge is 1.82. The largest absolute Gasteiger partial charge is 0.0775 e. The van der Waals surface area contributed by atoms with Crippen LogP contribution in [0.1, 0.15) is 34.1 Å². The molecule has 0 heteroatoms. The van der Waals surface area contributed by atoms with Gasteiger partial charge in [-0.25, -0.2) is 0 Å². The van der Waals surface area contributed by atoms with Gasteiger partial charge in [-0.3, -0.25) is 0 Å². The van der Waals surface area contributed by atoms with Crippen molar-refractivity contribution in [3.63, 3.8) is 0 Å². The highest BCUT2D eigenvalue weighted by Crippen LogP contribution is 2.04. The molecule has 0 aliphatic rings. The summed E-state index contributed by atoms with van der Waals surface area (Å²) in [5, 5.41) is 0. The molecule has 0 aromatic heterocycles. The maximum Gasteiger partial charge on any atom is -0.0349 e. The molecule has 0 saturated heterocycles. The van der Waals surface area contributed by atoms with Crippen LogP contribution in [0.5, 0.6) is 0 Å². The number of hydrogen-bond donors (Lipinski definition) is 0. The second kappa shape index (κ2) is 2.84. The molecule has 0 radical (unpaired) electrons. The third-order valence-electron chi connectivity index (χ3n) is 1.38. The summed E-state index contributed by atoms with van der Waals surface area (Å²) in [6, 6.07) is 0. The summed E-state index contributed by atoms with van der Waals surface area (Å²) < 4.78 is 0. The van der Waals surface area contributed by atoms with Gasteiger partial charge in [0, 0.05) is 0 Å². The van der Waals surface area contributed by atoms with Crippen molar-refractivity contribution in [3.8, 4) is 0 Å². The molecule has 0 aliphatic heterocycles. The Bertz CT molecular complexity index is 74.0. The fourth-order valence-electron chi connectivity index (χ4n) is 0.354. The predicted molar refractivity (Wildman–Crippen MR) is 34.3 cm³/mol. The van der Waals surface area contributed by atoms with E-state index < -0.39 is 0 Å². The number of hydrogen-bond acceptors (Lipinski definition) is 0. The molecule has 0 aliphatic carbocycles. The van der Waals surface area contributed by atoms with Crippen LogP contribution >= 0.6 is 0 Å². The minimum absolute atomic E-state index is 1.20. The molecule has 0 bridgehead atoms. The van der Waals surface area contributed by atoms with Crippen LogP contribution in [0, 0.1) is 0 Å². The number of allylic oxidation sites excluding steroid dienone is 2. The van der Waals surface area contributed by atoms with E-state index in [4.69, 9.17) is 0 Å². The molecule has 0 saturated carbocycles. The maximum atomic E-state index is 2.18. The second-order valence-corrected chi connectivity index (χ2v) is 2.13. The number of rotatable bonds is 1. The Hall–Kier alpha value is -0.260. The van der Waals surface area contributed by atoms with E-state index in [1.807, 2.05) is 0 Å². The van der Waals surface area contributed by atoms with Crippen LogP contribution < -0.4 is 0 Å². The normalized spacial score (nSPS) is 8.57. The lowest BCUT2D eigenvalue weighted by molar-refractivity contribution is 1.05. The lowest BCUT2D eigenvalue weighted by atomic mass is 10.1. The van der Waals surface area contributed by atoms with Gasteiger partial charge in [0.2, 0.25) is 0 Å². The van der Waals surface area contributed by atoms with Crippen molar-refractivity contribution in [1.29, 1.82) is 0 Å². The molecular formula is C7H14. The van der Waals surface area contributed by atoms with Crippen molar-refractivity contribution >= 4 is 0 Å². The van der Waals surface area contributed by atoms with Gasteiger partial charge in [0.1, 0.15) is 0 Å². The third-order valence-corrected chi connectivity index (χ3v) is 1.38. The highest BCUT2D eigenvalue weighted by atomic mass is 13.9. The van der Waals surface area contributed by atoms with Crippen molar-refractivity contribution < 1.29 is 0 Å². The van der Waals surface area contributed by atoms with Crippen LogP contribution in [0.15, 0.2) is 11.1 Å². The van der Waals surface area contributed by atoms with Crippen LogP contribution in [0.4, 0.5) is 0 Å². The smallest absolute Gasteiger partial charge is 0.0349 e. The van der Waals surface area contributed by atoms with Gasteiger partial charge in [0.25, 0.3) is 0 Å². The molecule has 0 aromatic carbocycles. The first-order valence-electron chi connectivity index (χ1n) is 2.81. The summed E-state index contributed by atoms with van der Waals surface area (Å²) in [7, 11) is 0. The van der Waals surface area contributed by atoms with E-state index in [0.717, 1.165) is 0 Å². The lowest BCUT2D eigenvalue weighted by Crippen LogP contribution is -1.73. The van der Waals surface area contributed by atoms with E-state index in [1.165, 1.54) is 17.6 Å². The minimum Gasteiger partial charge on any atom is -0.0775 e. The van der Waals surface area contributed by atoms with Crippen molar-refractivity contribution in [3.05, 3.63) is 11.1 Å². The molecule has 0 atom stereocenters. The maximum absolute atomic E-state index is 2.18. The Morgan fingerprint density at radius 1 is 1.14 bits per heavy atom. The fourth-order valence-corrected chi connectivity index (χ4v) is 0.354. The van der Waals surface area contributed by atoms with E-state index in [9.17, 15) is 0 Å². The van der Waals surface area contributed by atoms with Gasteiger partial charge in [-0.15, -0.1) is 0 Å². The zero-order valence-electron chi connectivity index (χ0n) is 5.71. The van der Waals surface area contributed by atoms with Crippen LogP contribution in [-0.2, 0) is 0 Å². The average molecular weight is 98.2 g/mol. The summed E-state index contributed by atoms with van der Waals surface area (Å²) in [6.07, 6.45) is 1.20. The molecule has 0 unspecified atom stereocenters. The van der Waals surface area contributed by atoms with Gasteiger partial charge in [-0.05, 0) is 27.2 Å². The zero-order valence-corrected chi connectivity index (χ0v) is 5.71. The third kappa shape index (κ3) is 2.44. The molecule has 0 aromatic rings. The van der Waals surface area contributed by atoms with Crippen molar-refractivity contribution in [2.24, 2.45) is 0 Å². The van der Waals surface area contributed by atoms with E-state index in [-0.39, 0.29) is 0 Å². The summed E-state index contributed by atoms with van der Waals surface area (Å²) in [5.41, 5.74) is 2.97. The Balaban J connectivity index is 3.72. The van der Waals surface area contributed by atoms with E-state index >= 15 is 0 Å². The van der Waals surface area contributed by atoms with Crippen LogP contribution in [0.25, 0.3) is 0 Å². The van der Waals surface area contributed by atoms with E-state index in [0.29, 0.717) is 0 Å². The Morgan fingerprint density at radius 2 is 1.57 bits per heavy atom. The Labute approximate surface area is 46.2 Å². The molecule has 0 N–H and O–H groups in total. The van der Waals surface area contributed by atoms with Gasteiger partial charge in [0.15, 0.2) is 0 Å². The van der Waals surface area contributed by atoms with Gasteiger partial charge < -0.3 is 0 Å². The van der Waals surface area contributed by atoms with Crippen LogP contribution in [0.2, 0.25) is 0 Å². The molecular weight excluding hydrogens is 84.1 g/mol. The SMILES string of the molecule is CCC(C)=C(C)C. The molecule has 7 heavy (non-hydrogen) atoms. The summed E-state index contributed by atoms with van der Waals surface area (Å²) in [6.45, 7) is 8.66. The zero-order chi connectivity index (χ0) is 5.86. The minimum atomic E-state index is 1.20. The molecule has 0 heterocycles. The summed E-state index contributed by atoms with van der Waals surface area (Å²) >= 11 is 0. The molecule has 0 fully saturated rings. The molecule has 42 valence electrons. The molecule has 0 amide bonds. The predicted octanol–water partition coefficient (Wildman–Crippen LogP) is 2.75. The van der Waals surface area contributed by atoms with Crippen LogP contribution in [-0.4, -0.2) is 0 Å². The van der Waals surface area contributed by atoms with Gasteiger partial charge in [-0.1, -0.05) is 18.1 Å². The second-order valence-electron chi connectivity index (χ2n) is 2.13. The van der Waals surface area contributed by atoms with Gasteiger partial charge in [-0.2, -0.15) is 0 Å². The standard InChI is InChI=1S/C7H14/c1-5-7(4)6(2)3/h5H2,1-4H3. The molecule has 0 spiro atoms. The van der Waals surface area contributed by atoms with Crippen molar-refractivity contribution in [2.75, 3.05) is 0 Å². The van der Waals surface area contributed by atoms with E-state index in [2.05, 4.69) is 27.7 Å². The topological polar surface area (TPSA) is 0 Å². The quantitative estimate of drug-likeness (QED) is 0.442. The summed E-state index contributed by atoms with van der Waals surface area (Å²) in [4.78, 5) is 0. The Kier molecular flexibility index (Phi) is 2.73. The molecule has 0 rings (SSSR count). The monoisotopic (exact) mass is 98.1 g/mol. The van der Waals surface area contributed by atoms with Crippen molar-refractivity contribution in [1.82, 2.24) is 0 Å². The highest BCUT2D eigenvalue weighted by molar-refractivity contribution is 5.05. The summed E-state index contributed by atoms with van der Waals surface area (Å²) in [5.74, 6) is 0. The molecule has 0 nitrogen and oxygen atoms in total. The fraction of sp³-hybridized carbons (Fsp3) is 0.714. The first-order valence-corrected chi connectivity index (χ1v) is 2.81. The average Bonchev–Trinajstić information content (AvgIpc) is 1.65.